The van der Waals surface area contributed by atoms with Crippen molar-refractivity contribution < 1.29 is 9.84 Å². The van der Waals surface area contributed by atoms with Crippen LogP contribution < -0.4 is 5.32 Å². The van der Waals surface area contributed by atoms with E-state index in [1.165, 1.54) is 12.2 Å². The molecule has 0 fully saturated rings. The zero-order chi connectivity index (χ0) is 14.5. The van der Waals surface area contributed by atoms with E-state index < -0.39 is 0 Å². The Kier molecular flexibility index (Phi) is 14.0. The third kappa shape index (κ3) is 11.0. The number of aliphatic hydroxyl groups is 1. The summed E-state index contributed by atoms with van der Waals surface area (Å²) < 4.78 is 5.36. The van der Waals surface area contributed by atoms with Gasteiger partial charge in [0.1, 0.15) is 0 Å². The summed E-state index contributed by atoms with van der Waals surface area (Å²) in [6.45, 7) is 8.46. The Morgan fingerprint density at radius 2 is 1.89 bits per heavy atom. The van der Waals surface area contributed by atoms with Gasteiger partial charge < -0.3 is 15.2 Å². The van der Waals surface area contributed by atoms with Gasteiger partial charge in [-0.25, -0.2) is 0 Å². The van der Waals surface area contributed by atoms with E-state index in [1.807, 2.05) is 28.5 Å². The number of rotatable bonds is 13. The maximum Gasteiger partial charge on any atom is 0.0833 e. The molecule has 0 spiro atoms. The third-order valence-corrected chi connectivity index (χ3v) is 5.62. The van der Waals surface area contributed by atoms with Crippen molar-refractivity contribution in [2.24, 2.45) is 5.92 Å². The summed E-state index contributed by atoms with van der Waals surface area (Å²) in [7, 11) is 5.59. The van der Waals surface area contributed by atoms with Gasteiger partial charge in [-0.15, -0.1) is 0 Å². The zero-order valence-electron chi connectivity index (χ0n) is 12.9. The number of hydrogen-bond donors (Lipinski definition) is 2. The van der Waals surface area contributed by atoms with Gasteiger partial charge in [0.2, 0.25) is 0 Å². The molecule has 0 aromatic heterocycles. The summed E-state index contributed by atoms with van der Waals surface area (Å²) in [5.74, 6) is 2.92. The van der Waals surface area contributed by atoms with Crippen LogP contribution in [0.5, 0.6) is 0 Å². The van der Waals surface area contributed by atoms with E-state index in [1.54, 1.807) is 7.11 Å². The topological polar surface area (TPSA) is 41.5 Å². The minimum Gasteiger partial charge on any atom is -0.390 e. The molecule has 0 aliphatic rings. The molecule has 0 heterocycles. The lowest BCUT2D eigenvalue weighted by Crippen LogP contribution is -2.32. The largest absolute Gasteiger partial charge is 0.390 e. The highest BCUT2D eigenvalue weighted by atomic mass is 33.1. The summed E-state index contributed by atoms with van der Waals surface area (Å²) in [5, 5.41) is 13.3. The average Bonchev–Trinajstić information content (AvgIpc) is 2.42. The van der Waals surface area contributed by atoms with Crippen molar-refractivity contribution in [2.75, 3.05) is 31.7 Å². The molecular weight excluding hydrogens is 278 g/mol. The molecule has 3 atom stereocenters. The van der Waals surface area contributed by atoms with Crippen LogP contribution in [0, 0.1) is 5.92 Å². The van der Waals surface area contributed by atoms with Crippen molar-refractivity contribution in [1.29, 1.82) is 0 Å². The zero-order valence-corrected chi connectivity index (χ0v) is 14.5. The fourth-order valence-corrected chi connectivity index (χ4v) is 3.90. The summed E-state index contributed by atoms with van der Waals surface area (Å²) in [6, 6.07) is 0. The first-order valence-electron chi connectivity index (χ1n) is 7.31. The highest BCUT2D eigenvalue weighted by Gasteiger charge is 2.19. The smallest absolute Gasteiger partial charge is 0.0833 e. The third-order valence-electron chi connectivity index (χ3n) is 3.01. The van der Waals surface area contributed by atoms with Gasteiger partial charge in [0.15, 0.2) is 0 Å². The molecule has 0 bridgehead atoms. The SMILES string of the molecule is CCCSSCCNCC(C)C[C@H](OC)C(O)CC. The fraction of sp³-hybridized carbons (Fsp3) is 1.00. The van der Waals surface area contributed by atoms with E-state index in [4.69, 9.17) is 4.74 Å². The lowest BCUT2D eigenvalue weighted by Gasteiger charge is -2.24. The minimum atomic E-state index is -0.339. The molecule has 2 N–H and O–H groups in total. The molecule has 0 radical (unpaired) electrons. The first kappa shape index (κ1) is 19.6. The number of aliphatic hydroxyl groups excluding tert-OH is 1. The van der Waals surface area contributed by atoms with Crippen molar-refractivity contribution in [3.8, 4) is 0 Å². The van der Waals surface area contributed by atoms with Crippen LogP contribution >= 0.6 is 21.6 Å². The van der Waals surface area contributed by atoms with Gasteiger partial charge in [-0.05, 0) is 31.7 Å². The molecule has 116 valence electrons. The molecule has 0 saturated heterocycles. The molecule has 2 unspecified atom stereocenters. The van der Waals surface area contributed by atoms with Crippen LogP contribution in [0.3, 0.4) is 0 Å². The lowest BCUT2D eigenvalue weighted by molar-refractivity contribution is -0.0248. The molecular formula is C14H31NO2S2. The molecule has 0 rings (SSSR count). The minimum absolute atomic E-state index is 0.0312. The fourth-order valence-electron chi connectivity index (χ4n) is 1.82. The van der Waals surface area contributed by atoms with E-state index >= 15 is 0 Å². The Morgan fingerprint density at radius 1 is 1.21 bits per heavy atom. The molecule has 0 aliphatic heterocycles. The predicted octanol–water partition coefficient (Wildman–Crippen LogP) is 3.18. The number of nitrogens with one attached hydrogen (secondary N) is 1. The standard InChI is InChI=1S/C14H31NO2S2/c1-5-8-18-19-9-7-15-11-12(3)10-14(17-4)13(16)6-2/h12-16H,5-11H2,1-4H3/t12?,13?,14-/m0/s1. The molecule has 0 aromatic rings. The predicted molar refractivity (Wildman–Crippen MR) is 89.0 cm³/mol. The summed E-state index contributed by atoms with van der Waals surface area (Å²) in [5.41, 5.74) is 0. The second-order valence-corrected chi connectivity index (χ2v) is 7.64. The van der Waals surface area contributed by atoms with Crippen LogP contribution in [0.25, 0.3) is 0 Å². The normalized spacial score (nSPS) is 16.3. The highest BCUT2D eigenvalue weighted by Crippen LogP contribution is 2.20. The van der Waals surface area contributed by atoms with Crippen LogP contribution in [0.15, 0.2) is 0 Å². The Morgan fingerprint density at radius 3 is 2.47 bits per heavy atom. The Hall–Kier alpha value is 0.580. The van der Waals surface area contributed by atoms with Gasteiger partial charge in [-0.3, -0.25) is 0 Å². The van der Waals surface area contributed by atoms with Crippen molar-refractivity contribution in [2.45, 2.75) is 52.2 Å². The van der Waals surface area contributed by atoms with E-state index in [2.05, 4.69) is 19.2 Å². The first-order valence-corrected chi connectivity index (χ1v) is 9.80. The van der Waals surface area contributed by atoms with Crippen molar-refractivity contribution in [3.05, 3.63) is 0 Å². The molecule has 0 saturated carbocycles. The molecule has 0 amide bonds. The number of ether oxygens (including phenoxy) is 1. The van der Waals surface area contributed by atoms with E-state index in [0.29, 0.717) is 5.92 Å². The quantitative estimate of drug-likeness (QED) is 0.404. The van der Waals surface area contributed by atoms with Gasteiger partial charge in [0.25, 0.3) is 0 Å². The maximum absolute atomic E-state index is 9.81. The Balaban J connectivity index is 3.54. The first-order chi connectivity index (χ1) is 9.15. The molecule has 0 aliphatic carbocycles. The maximum atomic E-state index is 9.81. The van der Waals surface area contributed by atoms with Crippen molar-refractivity contribution in [3.63, 3.8) is 0 Å². The van der Waals surface area contributed by atoms with Gasteiger partial charge >= 0.3 is 0 Å². The van der Waals surface area contributed by atoms with Crippen LogP contribution in [0.2, 0.25) is 0 Å². The monoisotopic (exact) mass is 309 g/mol. The number of methoxy groups -OCH3 is 1. The van der Waals surface area contributed by atoms with Gasteiger partial charge in [0, 0.05) is 25.2 Å². The molecule has 5 heteroatoms. The highest BCUT2D eigenvalue weighted by molar-refractivity contribution is 8.76. The molecule has 19 heavy (non-hydrogen) atoms. The van der Waals surface area contributed by atoms with Gasteiger partial charge in [-0.1, -0.05) is 42.4 Å². The summed E-state index contributed by atoms with van der Waals surface area (Å²) >= 11 is 0. The van der Waals surface area contributed by atoms with Crippen LogP contribution in [0.4, 0.5) is 0 Å². The van der Waals surface area contributed by atoms with Crippen molar-refractivity contribution in [1.82, 2.24) is 5.32 Å². The van der Waals surface area contributed by atoms with E-state index in [-0.39, 0.29) is 12.2 Å². The summed E-state index contributed by atoms with van der Waals surface area (Å²) in [4.78, 5) is 0. The molecule has 0 aromatic carbocycles. The second kappa shape index (κ2) is 13.6. The van der Waals surface area contributed by atoms with E-state index in [9.17, 15) is 5.11 Å². The van der Waals surface area contributed by atoms with Crippen LogP contribution in [-0.2, 0) is 4.74 Å². The van der Waals surface area contributed by atoms with Gasteiger partial charge in [-0.2, -0.15) is 0 Å². The molecule has 3 nitrogen and oxygen atoms in total. The average molecular weight is 310 g/mol. The lowest BCUT2D eigenvalue weighted by atomic mass is 9.98. The van der Waals surface area contributed by atoms with Crippen LogP contribution in [-0.4, -0.2) is 49.0 Å². The van der Waals surface area contributed by atoms with E-state index in [0.717, 1.165) is 31.7 Å². The van der Waals surface area contributed by atoms with Crippen molar-refractivity contribution >= 4 is 21.6 Å². The van der Waals surface area contributed by atoms with Gasteiger partial charge in [0.05, 0.1) is 12.2 Å². The number of hydrogen-bond acceptors (Lipinski definition) is 5. The Bertz CT molecular complexity index is 196. The summed E-state index contributed by atoms with van der Waals surface area (Å²) in [6.07, 6.45) is 2.55. The Labute approximate surface area is 127 Å². The van der Waals surface area contributed by atoms with Crippen LogP contribution in [0.1, 0.15) is 40.0 Å². The second-order valence-electron chi connectivity index (χ2n) is 4.94.